The smallest absolute Gasteiger partial charge is 0.254 e. The Labute approximate surface area is 164 Å². The zero-order chi connectivity index (χ0) is 19.7. The van der Waals surface area contributed by atoms with Gasteiger partial charge in [0.15, 0.2) is 6.10 Å². The van der Waals surface area contributed by atoms with Gasteiger partial charge in [0, 0.05) is 31.7 Å². The number of carbonyl (C=O) groups excluding carboxylic acids is 2. The van der Waals surface area contributed by atoms with Crippen LogP contribution in [0.2, 0.25) is 0 Å². The van der Waals surface area contributed by atoms with E-state index in [1.165, 1.54) is 0 Å². The molecule has 1 saturated carbocycles. The molecule has 1 aromatic carbocycles. The molecule has 1 atom stereocenters. The first kappa shape index (κ1) is 18.9. The molecule has 0 N–H and O–H groups in total. The van der Waals surface area contributed by atoms with E-state index < -0.39 is 11.7 Å². The molecule has 4 rings (SSSR count). The van der Waals surface area contributed by atoms with E-state index in [1.54, 1.807) is 28.0 Å². The molecular weight excluding hydrogens is 358 g/mol. The van der Waals surface area contributed by atoms with Gasteiger partial charge in [-0.15, -0.1) is 0 Å². The Morgan fingerprint density at radius 2 is 1.86 bits per heavy atom. The number of ether oxygens (including phenoxy) is 2. The van der Waals surface area contributed by atoms with Crippen LogP contribution in [0, 0.1) is 18.3 Å². The summed E-state index contributed by atoms with van der Waals surface area (Å²) in [6.07, 6.45) is 2.30. The SMILES string of the molecule is Cc1cc(C#N)ccc1C(=O)N1CCN(C(=O)C2OCCOC23CCC3)CC1. The van der Waals surface area contributed by atoms with Crippen molar-refractivity contribution in [3.05, 3.63) is 34.9 Å². The van der Waals surface area contributed by atoms with Crippen LogP contribution in [0.4, 0.5) is 0 Å². The number of hydrogen-bond donors (Lipinski definition) is 0. The van der Waals surface area contributed by atoms with Crippen molar-refractivity contribution in [2.24, 2.45) is 0 Å². The molecule has 1 spiro atoms. The van der Waals surface area contributed by atoms with Crippen LogP contribution in [0.3, 0.4) is 0 Å². The number of nitrogens with zero attached hydrogens (tertiary/aromatic N) is 3. The van der Waals surface area contributed by atoms with Gasteiger partial charge in [0.25, 0.3) is 11.8 Å². The Kier molecular flexibility index (Phi) is 5.09. The topological polar surface area (TPSA) is 82.9 Å². The van der Waals surface area contributed by atoms with Crippen LogP contribution in [-0.2, 0) is 14.3 Å². The van der Waals surface area contributed by atoms with Crippen molar-refractivity contribution in [3.63, 3.8) is 0 Å². The summed E-state index contributed by atoms with van der Waals surface area (Å²) < 4.78 is 11.7. The minimum absolute atomic E-state index is 0.0129. The van der Waals surface area contributed by atoms with Crippen LogP contribution in [0.1, 0.15) is 40.7 Å². The third kappa shape index (κ3) is 3.27. The van der Waals surface area contributed by atoms with Gasteiger partial charge in [0.1, 0.15) is 5.60 Å². The normalized spacial score (nSPS) is 23.8. The van der Waals surface area contributed by atoms with E-state index in [9.17, 15) is 9.59 Å². The molecule has 2 saturated heterocycles. The zero-order valence-corrected chi connectivity index (χ0v) is 16.1. The predicted octanol–water partition coefficient (Wildman–Crippen LogP) is 1.49. The van der Waals surface area contributed by atoms with Gasteiger partial charge in [0.05, 0.1) is 24.8 Å². The maximum atomic E-state index is 13.0. The molecular formula is C21H25N3O4. The van der Waals surface area contributed by atoms with Crippen LogP contribution in [0.5, 0.6) is 0 Å². The van der Waals surface area contributed by atoms with E-state index in [1.807, 2.05) is 6.92 Å². The third-order valence-corrected chi connectivity index (χ3v) is 6.12. The summed E-state index contributed by atoms with van der Waals surface area (Å²) in [5.74, 6) is -0.0668. The first-order valence-corrected chi connectivity index (χ1v) is 9.88. The Balaban J connectivity index is 1.38. The van der Waals surface area contributed by atoms with Crippen LogP contribution in [-0.4, -0.2) is 72.7 Å². The number of piperazine rings is 1. The van der Waals surface area contributed by atoms with Gasteiger partial charge in [-0.3, -0.25) is 9.59 Å². The second-order valence-electron chi connectivity index (χ2n) is 7.78. The van der Waals surface area contributed by atoms with Gasteiger partial charge in [-0.2, -0.15) is 5.26 Å². The summed E-state index contributed by atoms with van der Waals surface area (Å²) in [6, 6.07) is 7.19. The molecule has 2 aliphatic heterocycles. The number of rotatable bonds is 2. The van der Waals surface area contributed by atoms with E-state index in [0.29, 0.717) is 50.5 Å². The first-order chi connectivity index (χ1) is 13.5. The zero-order valence-electron chi connectivity index (χ0n) is 16.1. The summed E-state index contributed by atoms with van der Waals surface area (Å²) in [4.78, 5) is 29.4. The lowest BCUT2D eigenvalue weighted by Gasteiger charge is -2.50. The number of carbonyl (C=O) groups is 2. The lowest BCUT2D eigenvalue weighted by atomic mass is 9.74. The van der Waals surface area contributed by atoms with E-state index >= 15 is 0 Å². The maximum absolute atomic E-state index is 13.0. The van der Waals surface area contributed by atoms with E-state index in [-0.39, 0.29) is 11.8 Å². The number of hydrogen-bond acceptors (Lipinski definition) is 5. The molecule has 148 valence electrons. The van der Waals surface area contributed by atoms with Crippen molar-refractivity contribution in [2.75, 3.05) is 39.4 Å². The van der Waals surface area contributed by atoms with Crippen molar-refractivity contribution in [1.29, 1.82) is 5.26 Å². The monoisotopic (exact) mass is 383 g/mol. The highest BCUT2D eigenvalue weighted by Gasteiger charge is 2.52. The molecule has 1 aliphatic carbocycles. The van der Waals surface area contributed by atoms with Crippen molar-refractivity contribution >= 4 is 11.8 Å². The third-order valence-electron chi connectivity index (χ3n) is 6.12. The van der Waals surface area contributed by atoms with E-state index in [0.717, 1.165) is 24.8 Å². The Bertz CT molecular complexity index is 819. The lowest BCUT2D eigenvalue weighted by molar-refractivity contribution is -0.235. The molecule has 7 nitrogen and oxygen atoms in total. The van der Waals surface area contributed by atoms with E-state index in [2.05, 4.69) is 6.07 Å². The fraction of sp³-hybridized carbons (Fsp3) is 0.571. The molecule has 0 aromatic heterocycles. The van der Waals surface area contributed by atoms with Gasteiger partial charge < -0.3 is 19.3 Å². The Morgan fingerprint density at radius 1 is 1.14 bits per heavy atom. The lowest BCUT2D eigenvalue weighted by Crippen LogP contribution is -2.63. The molecule has 2 heterocycles. The van der Waals surface area contributed by atoms with Gasteiger partial charge in [-0.25, -0.2) is 0 Å². The Morgan fingerprint density at radius 3 is 2.46 bits per heavy atom. The average Bonchev–Trinajstić information content (AvgIpc) is 2.71. The maximum Gasteiger partial charge on any atom is 0.254 e. The molecule has 7 heteroatoms. The largest absolute Gasteiger partial charge is 0.369 e. The molecule has 0 bridgehead atoms. The van der Waals surface area contributed by atoms with Crippen molar-refractivity contribution in [3.8, 4) is 6.07 Å². The first-order valence-electron chi connectivity index (χ1n) is 9.88. The minimum Gasteiger partial charge on any atom is -0.369 e. The van der Waals surface area contributed by atoms with Gasteiger partial charge in [0.2, 0.25) is 0 Å². The molecule has 2 amide bonds. The predicted molar refractivity (Wildman–Crippen MR) is 101 cm³/mol. The van der Waals surface area contributed by atoms with E-state index in [4.69, 9.17) is 14.7 Å². The molecule has 0 radical (unpaired) electrons. The van der Waals surface area contributed by atoms with Crippen molar-refractivity contribution in [2.45, 2.75) is 37.9 Å². The number of nitriles is 1. The average molecular weight is 383 g/mol. The van der Waals surface area contributed by atoms with Crippen LogP contribution in [0.15, 0.2) is 18.2 Å². The summed E-state index contributed by atoms with van der Waals surface area (Å²) in [6.45, 7) is 4.82. The fourth-order valence-corrected chi connectivity index (χ4v) is 4.31. The van der Waals surface area contributed by atoms with Crippen molar-refractivity contribution < 1.29 is 19.1 Å². The summed E-state index contributed by atoms with van der Waals surface area (Å²) >= 11 is 0. The van der Waals surface area contributed by atoms with Crippen LogP contribution in [0.25, 0.3) is 0 Å². The second-order valence-corrected chi connectivity index (χ2v) is 7.78. The number of amides is 2. The summed E-state index contributed by atoms with van der Waals surface area (Å²) in [7, 11) is 0. The highest BCUT2D eigenvalue weighted by molar-refractivity contribution is 5.96. The molecule has 28 heavy (non-hydrogen) atoms. The standard InChI is InChI=1S/C21H25N3O4/c1-15-13-16(14-22)3-4-17(15)19(25)23-7-9-24(10-8-23)20(26)18-21(5-2-6-21)28-12-11-27-18/h3-4,13,18H,2,5-12H2,1H3. The molecule has 3 aliphatic rings. The number of benzene rings is 1. The highest BCUT2D eigenvalue weighted by atomic mass is 16.6. The minimum atomic E-state index is -0.516. The molecule has 1 unspecified atom stereocenters. The van der Waals surface area contributed by atoms with Crippen molar-refractivity contribution in [1.82, 2.24) is 9.80 Å². The summed E-state index contributed by atoms with van der Waals surface area (Å²) in [5.41, 5.74) is 1.52. The summed E-state index contributed by atoms with van der Waals surface area (Å²) in [5, 5.41) is 8.99. The molecule has 1 aromatic rings. The van der Waals surface area contributed by atoms with Gasteiger partial charge >= 0.3 is 0 Å². The fourth-order valence-electron chi connectivity index (χ4n) is 4.31. The number of aryl methyl sites for hydroxylation is 1. The Hall–Kier alpha value is -2.43. The highest BCUT2D eigenvalue weighted by Crippen LogP contribution is 2.42. The van der Waals surface area contributed by atoms with Crippen LogP contribution < -0.4 is 0 Å². The quantitative estimate of drug-likeness (QED) is 0.773. The van der Waals surface area contributed by atoms with Crippen LogP contribution >= 0.6 is 0 Å². The van der Waals surface area contributed by atoms with Gasteiger partial charge in [-0.1, -0.05) is 0 Å². The second kappa shape index (κ2) is 7.53. The molecule has 3 fully saturated rings. The van der Waals surface area contributed by atoms with Gasteiger partial charge in [-0.05, 0) is 49.9 Å².